The zero-order valence-corrected chi connectivity index (χ0v) is 14.9. The van der Waals surface area contributed by atoms with Crippen molar-refractivity contribution in [2.24, 2.45) is 5.14 Å². The molecule has 1 aromatic heterocycles. The van der Waals surface area contributed by atoms with Crippen LogP contribution in [0.25, 0.3) is 22.4 Å². The number of hydrogen-bond donors (Lipinski definition) is 1. The van der Waals surface area contributed by atoms with Gasteiger partial charge in [-0.2, -0.15) is 13.2 Å². The number of hydrogen-bond acceptors (Lipinski definition) is 4. The van der Waals surface area contributed by atoms with E-state index in [9.17, 15) is 34.8 Å². The van der Waals surface area contributed by atoms with Crippen LogP contribution in [-0.4, -0.2) is 13.6 Å². The molecule has 3 aromatic rings. The monoisotopic (exact) mass is 436 g/mol. The molecule has 2 aromatic carbocycles. The zero-order chi connectivity index (χ0) is 21.6. The van der Waals surface area contributed by atoms with E-state index in [1.807, 2.05) is 0 Å². The summed E-state index contributed by atoms with van der Waals surface area (Å²) in [4.78, 5) is -0.878. The summed E-state index contributed by atoms with van der Waals surface area (Å²) in [5, 5.41) is 8.28. The third-order valence-corrected chi connectivity index (χ3v) is 4.85. The highest BCUT2D eigenvalue weighted by Crippen LogP contribution is 2.41. The van der Waals surface area contributed by atoms with Crippen LogP contribution in [0.1, 0.15) is 17.7 Å². The molecule has 0 atom stereocenters. The Bertz CT molecular complexity index is 1170. The second-order valence-electron chi connectivity index (χ2n) is 5.84. The third-order valence-electron chi connectivity index (χ3n) is 3.91. The van der Waals surface area contributed by atoms with E-state index in [-0.39, 0.29) is 11.1 Å². The molecule has 0 aliphatic carbocycles. The Morgan fingerprint density at radius 1 is 1.03 bits per heavy atom. The molecule has 154 valence electrons. The van der Waals surface area contributed by atoms with E-state index < -0.39 is 55.9 Å². The van der Waals surface area contributed by atoms with Gasteiger partial charge in [-0.25, -0.2) is 26.7 Å². The Morgan fingerprint density at radius 3 is 2.28 bits per heavy atom. The van der Waals surface area contributed by atoms with E-state index in [2.05, 4.69) is 9.68 Å². The van der Waals surface area contributed by atoms with Gasteiger partial charge in [-0.05, 0) is 29.8 Å². The first-order valence-corrected chi connectivity index (χ1v) is 9.22. The van der Waals surface area contributed by atoms with Crippen molar-refractivity contribution in [2.45, 2.75) is 17.5 Å². The van der Waals surface area contributed by atoms with Crippen LogP contribution >= 0.6 is 0 Å². The zero-order valence-electron chi connectivity index (χ0n) is 14.0. The van der Waals surface area contributed by atoms with Crippen molar-refractivity contribution >= 4 is 10.0 Å². The van der Waals surface area contributed by atoms with Gasteiger partial charge in [-0.1, -0.05) is 23.4 Å². The summed E-state index contributed by atoms with van der Waals surface area (Å²) in [5.41, 5.74) is -2.41. The minimum atomic E-state index is -4.70. The van der Waals surface area contributed by atoms with Crippen LogP contribution in [0.2, 0.25) is 0 Å². The fraction of sp³-hybridized carbons (Fsp3) is 0.118. The van der Waals surface area contributed by atoms with E-state index >= 15 is 0 Å². The summed E-state index contributed by atoms with van der Waals surface area (Å²) in [6, 6.07) is 6.00. The minimum Gasteiger partial charge on any atom is -0.354 e. The van der Waals surface area contributed by atoms with Gasteiger partial charge in [0.15, 0.2) is 0 Å². The first-order chi connectivity index (χ1) is 13.4. The van der Waals surface area contributed by atoms with Crippen molar-refractivity contribution < 1.29 is 39.3 Å². The Labute approximate surface area is 159 Å². The molecule has 1 heterocycles. The first kappa shape index (κ1) is 20.9. The number of alkyl halides is 5. The van der Waals surface area contributed by atoms with Crippen molar-refractivity contribution in [3.05, 3.63) is 59.6 Å². The van der Waals surface area contributed by atoms with Gasteiger partial charge in [-0.15, -0.1) is 0 Å². The Balaban J connectivity index is 2.23. The SMILES string of the molecule is NS(=O)(=O)c1ccc(-c2c(-c3cccc(C(F)(F)F)c3)noc2C(F)F)cc1F. The van der Waals surface area contributed by atoms with Gasteiger partial charge in [0, 0.05) is 5.56 Å². The Kier molecular flexibility index (Phi) is 5.17. The van der Waals surface area contributed by atoms with Gasteiger partial charge < -0.3 is 4.52 Å². The molecule has 3 rings (SSSR count). The van der Waals surface area contributed by atoms with Gasteiger partial charge in [-0.3, -0.25) is 0 Å². The summed E-state index contributed by atoms with van der Waals surface area (Å²) in [6.45, 7) is 0. The predicted molar refractivity (Wildman–Crippen MR) is 88.7 cm³/mol. The van der Waals surface area contributed by atoms with Crippen molar-refractivity contribution in [1.29, 1.82) is 0 Å². The average molecular weight is 436 g/mol. The van der Waals surface area contributed by atoms with Crippen LogP contribution in [0, 0.1) is 5.82 Å². The van der Waals surface area contributed by atoms with Crippen LogP contribution in [0.3, 0.4) is 0 Å². The van der Waals surface area contributed by atoms with Gasteiger partial charge in [0.25, 0.3) is 6.43 Å². The number of benzene rings is 2. The number of nitrogens with zero attached hydrogens (tertiary/aromatic N) is 1. The van der Waals surface area contributed by atoms with E-state index in [1.54, 1.807) is 0 Å². The molecule has 0 radical (unpaired) electrons. The average Bonchev–Trinajstić information content (AvgIpc) is 3.05. The van der Waals surface area contributed by atoms with Crippen molar-refractivity contribution in [2.75, 3.05) is 0 Å². The summed E-state index contributed by atoms with van der Waals surface area (Å²) in [7, 11) is -4.42. The van der Waals surface area contributed by atoms with E-state index in [0.29, 0.717) is 12.1 Å². The van der Waals surface area contributed by atoms with Crippen LogP contribution in [0.15, 0.2) is 51.9 Å². The van der Waals surface area contributed by atoms with Crippen molar-refractivity contribution in [1.82, 2.24) is 5.16 Å². The molecule has 0 bridgehead atoms. The lowest BCUT2D eigenvalue weighted by Gasteiger charge is -2.09. The highest BCUT2D eigenvalue weighted by Gasteiger charge is 2.32. The highest BCUT2D eigenvalue weighted by molar-refractivity contribution is 7.89. The molecule has 0 unspecified atom stereocenters. The minimum absolute atomic E-state index is 0.207. The lowest BCUT2D eigenvalue weighted by atomic mass is 9.98. The maximum atomic E-state index is 14.2. The number of rotatable bonds is 4. The highest BCUT2D eigenvalue weighted by atomic mass is 32.2. The van der Waals surface area contributed by atoms with Crippen LogP contribution in [-0.2, 0) is 16.2 Å². The maximum Gasteiger partial charge on any atom is 0.416 e. The second kappa shape index (κ2) is 7.19. The topological polar surface area (TPSA) is 86.2 Å². The largest absolute Gasteiger partial charge is 0.416 e. The maximum absolute atomic E-state index is 14.2. The van der Waals surface area contributed by atoms with Gasteiger partial charge in [0.2, 0.25) is 15.8 Å². The summed E-state index contributed by atoms with van der Waals surface area (Å²) >= 11 is 0. The number of nitrogens with two attached hydrogens (primary N) is 1. The third kappa shape index (κ3) is 4.12. The van der Waals surface area contributed by atoms with Crippen LogP contribution in [0.4, 0.5) is 26.3 Å². The molecule has 0 amide bonds. The fourth-order valence-corrected chi connectivity index (χ4v) is 3.25. The Morgan fingerprint density at radius 2 is 1.72 bits per heavy atom. The normalized spacial score (nSPS) is 12.6. The molecular weight excluding hydrogens is 426 g/mol. The van der Waals surface area contributed by atoms with Crippen LogP contribution in [0.5, 0.6) is 0 Å². The molecule has 0 saturated carbocycles. The van der Waals surface area contributed by atoms with Crippen LogP contribution < -0.4 is 5.14 Å². The molecule has 5 nitrogen and oxygen atoms in total. The van der Waals surface area contributed by atoms with E-state index in [0.717, 1.165) is 24.3 Å². The lowest BCUT2D eigenvalue weighted by molar-refractivity contribution is -0.137. The van der Waals surface area contributed by atoms with Crippen molar-refractivity contribution in [3.8, 4) is 22.4 Å². The second-order valence-corrected chi connectivity index (χ2v) is 7.37. The summed E-state index contributed by atoms with van der Waals surface area (Å²) in [5.74, 6) is -2.35. The fourth-order valence-electron chi connectivity index (χ4n) is 2.66. The molecule has 0 fully saturated rings. The van der Waals surface area contributed by atoms with E-state index in [4.69, 9.17) is 5.14 Å². The number of sulfonamides is 1. The van der Waals surface area contributed by atoms with Gasteiger partial charge in [0.1, 0.15) is 16.4 Å². The summed E-state index contributed by atoms with van der Waals surface area (Å²) < 4.78 is 107. The molecule has 0 aliphatic rings. The number of halogens is 6. The molecule has 0 spiro atoms. The number of primary sulfonamides is 1. The smallest absolute Gasteiger partial charge is 0.354 e. The summed E-state index contributed by atoms with van der Waals surface area (Å²) in [6.07, 6.45) is -7.92. The molecule has 12 heteroatoms. The van der Waals surface area contributed by atoms with E-state index in [1.165, 1.54) is 6.07 Å². The quantitative estimate of drug-likeness (QED) is 0.598. The molecule has 0 aliphatic heterocycles. The molecule has 0 saturated heterocycles. The Hall–Kier alpha value is -2.86. The molecular formula is C17H10F6N2O3S. The van der Waals surface area contributed by atoms with Gasteiger partial charge >= 0.3 is 6.18 Å². The standard InChI is InChI=1S/C17H10F6N2O3S/c18-11-7-8(4-5-12(11)29(24,26)27)13-14(25-28-15(13)16(19)20)9-2-1-3-10(6-9)17(21,22)23/h1-7,16H,(H2,24,26,27). The van der Waals surface area contributed by atoms with Crippen molar-refractivity contribution in [3.63, 3.8) is 0 Å². The predicted octanol–water partition coefficient (Wildman–Crippen LogP) is 4.75. The lowest BCUT2D eigenvalue weighted by Crippen LogP contribution is -2.14. The molecule has 29 heavy (non-hydrogen) atoms. The first-order valence-electron chi connectivity index (χ1n) is 7.67. The molecule has 2 N–H and O–H groups in total. The van der Waals surface area contributed by atoms with Gasteiger partial charge in [0.05, 0.1) is 11.1 Å². The number of aromatic nitrogens is 1.